The third kappa shape index (κ3) is 4.41. The number of para-hydroxylation sites is 1. The maximum atomic E-state index is 14.2. The van der Waals surface area contributed by atoms with Crippen LogP contribution in [0, 0.1) is 13.8 Å². The maximum Gasteiger partial charge on any atom is 0.322 e. The third-order valence-corrected chi connectivity index (χ3v) is 7.97. The average Bonchev–Trinajstić information content (AvgIpc) is 3.52. The van der Waals surface area contributed by atoms with Crippen LogP contribution in [-0.2, 0) is 13.0 Å². The van der Waals surface area contributed by atoms with E-state index in [2.05, 4.69) is 53.3 Å². The van der Waals surface area contributed by atoms with Crippen LogP contribution in [0.2, 0.25) is 5.02 Å². The number of anilines is 1. The van der Waals surface area contributed by atoms with Gasteiger partial charge in [0.05, 0.1) is 29.7 Å². The van der Waals surface area contributed by atoms with Crippen LogP contribution in [0.1, 0.15) is 46.6 Å². The molecule has 1 aliphatic rings. The van der Waals surface area contributed by atoms with Crippen LogP contribution in [0.25, 0.3) is 11.5 Å². The van der Waals surface area contributed by atoms with E-state index in [0.717, 1.165) is 46.0 Å². The molecule has 1 N–H and O–H groups in total. The highest BCUT2D eigenvalue weighted by atomic mass is 35.5. The van der Waals surface area contributed by atoms with Crippen LogP contribution in [0.15, 0.2) is 91.1 Å². The molecule has 196 valence electrons. The van der Waals surface area contributed by atoms with Gasteiger partial charge >= 0.3 is 6.03 Å². The fourth-order valence-corrected chi connectivity index (χ4v) is 5.54. The van der Waals surface area contributed by atoms with E-state index in [1.165, 1.54) is 5.56 Å². The predicted molar refractivity (Wildman–Crippen MR) is 156 cm³/mol. The van der Waals surface area contributed by atoms with Crippen molar-refractivity contribution in [1.29, 1.82) is 0 Å². The summed E-state index contributed by atoms with van der Waals surface area (Å²) in [6, 6.07) is 27.9. The number of rotatable bonds is 4. The van der Waals surface area contributed by atoms with E-state index in [1.54, 1.807) is 0 Å². The summed E-state index contributed by atoms with van der Waals surface area (Å²) in [5.74, 6) is 0.947. The molecule has 0 aliphatic carbocycles. The molecule has 7 heteroatoms. The Morgan fingerprint density at radius 2 is 1.74 bits per heavy atom. The average molecular weight is 536 g/mol. The molecule has 3 aromatic carbocycles. The van der Waals surface area contributed by atoms with Crippen molar-refractivity contribution in [3.8, 4) is 11.5 Å². The Labute approximate surface area is 233 Å². The van der Waals surface area contributed by atoms with Crippen LogP contribution in [0.4, 0.5) is 10.5 Å². The highest BCUT2D eigenvalue weighted by Gasteiger charge is 2.36. The fourth-order valence-electron chi connectivity index (χ4n) is 5.37. The van der Waals surface area contributed by atoms with Crippen LogP contribution >= 0.6 is 11.6 Å². The summed E-state index contributed by atoms with van der Waals surface area (Å²) in [6.45, 7) is 6.46. The molecular formula is C32H30ClN5O. The van der Waals surface area contributed by atoms with Crippen molar-refractivity contribution in [1.82, 2.24) is 19.2 Å². The summed E-state index contributed by atoms with van der Waals surface area (Å²) in [6.07, 6.45) is 3.02. The summed E-state index contributed by atoms with van der Waals surface area (Å²) in [4.78, 5) is 16.1. The molecule has 0 spiro atoms. The second-order valence-electron chi connectivity index (χ2n) is 9.91. The van der Waals surface area contributed by atoms with Gasteiger partial charge in [-0.05, 0) is 73.4 Å². The first-order chi connectivity index (χ1) is 19.0. The summed E-state index contributed by atoms with van der Waals surface area (Å²) in [5, 5.41) is 8.69. The van der Waals surface area contributed by atoms with Crippen molar-refractivity contribution in [2.45, 2.75) is 39.8 Å². The van der Waals surface area contributed by atoms with Crippen LogP contribution in [0.5, 0.6) is 0 Å². The standard InChI is InChI=1S/C32H30ClN5O/c1-4-23-15-17-24(18-16-23)30-29-14-9-19-36(29)31-26(22(3)35-38(31)25-10-6-5-7-11-25)20-37(30)32(39)34-28-13-8-12-27(33)21(28)2/h5-19,30H,4,20H2,1-3H3,(H,34,39). The Bertz CT molecular complexity index is 1650. The minimum absolute atomic E-state index is 0.197. The normalized spacial score (nSPS) is 14.5. The van der Waals surface area contributed by atoms with Crippen molar-refractivity contribution in [2.75, 3.05) is 5.32 Å². The first-order valence-corrected chi connectivity index (χ1v) is 13.6. The molecule has 2 amide bonds. The van der Waals surface area contributed by atoms with Crippen molar-refractivity contribution < 1.29 is 4.79 Å². The lowest BCUT2D eigenvalue weighted by Crippen LogP contribution is -2.38. The van der Waals surface area contributed by atoms with Gasteiger partial charge in [-0.15, -0.1) is 0 Å². The molecule has 6 rings (SSSR count). The molecule has 0 bridgehead atoms. The number of carbonyl (C=O) groups is 1. The number of urea groups is 1. The number of aryl methyl sites for hydroxylation is 2. The predicted octanol–water partition coefficient (Wildman–Crippen LogP) is 7.63. The van der Waals surface area contributed by atoms with E-state index in [0.29, 0.717) is 17.3 Å². The minimum Gasteiger partial charge on any atom is -0.307 e. The van der Waals surface area contributed by atoms with Gasteiger partial charge in [-0.25, -0.2) is 9.48 Å². The second kappa shape index (κ2) is 10.1. The SMILES string of the molecule is CCc1ccc(C2c3cccn3-c3c(c(C)nn3-c3ccccc3)CN2C(=O)Nc2cccc(Cl)c2C)cc1. The summed E-state index contributed by atoms with van der Waals surface area (Å²) >= 11 is 6.38. The van der Waals surface area contributed by atoms with Gasteiger partial charge in [-0.3, -0.25) is 0 Å². The molecule has 6 nitrogen and oxygen atoms in total. The van der Waals surface area contributed by atoms with Gasteiger partial charge in [0.2, 0.25) is 0 Å². The fraction of sp³-hybridized carbons (Fsp3) is 0.188. The topological polar surface area (TPSA) is 55.1 Å². The van der Waals surface area contributed by atoms with Gasteiger partial charge in [-0.1, -0.05) is 67.1 Å². The molecule has 1 atom stereocenters. The molecule has 0 fully saturated rings. The van der Waals surface area contributed by atoms with E-state index >= 15 is 0 Å². The summed E-state index contributed by atoms with van der Waals surface area (Å²) < 4.78 is 4.16. The number of nitrogens with one attached hydrogen (secondary N) is 1. The molecular weight excluding hydrogens is 506 g/mol. The van der Waals surface area contributed by atoms with Crippen LogP contribution in [0.3, 0.4) is 0 Å². The second-order valence-corrected chi connectivity index (χ2v) is 10.3. The Balaban J connectivity index is 1.53. The van der Waals surface area contributed by atoms with Crippen molar-refractivity contribution >= 4 is 23.3 Å². The van der Waals surface area contributed by atoms with E-state index in [-0.39, 0.29) is 12.1 Å². The molecule has 5 aromatic rings. The van der Waals surface area contributed by atoms with Gasteiger partial charge in [0.1, 0.15) is 5.82 Å². The van der Waals surface area contributed by atoms with E-state index in [4.69, 9.17) is 16.7 Å². The number of fused-ring (bicyclic) bond motifs is 3. The number of benzene rings is 3. The first-order valence-electron chi connectivity index (χ1n) is 13.2. The molecule has 3 heterocycles. The molecule has 1 aliphatic heterocycles. The zero-order valence-corrected chi connectivity index (χ0v) is 23.0. The highest BCUT2D eigenvalue weighted by molar-refractivity contribution is 6.31. The summed E-state index contributed by atoms with van der Waals surface area (Å²) in [5.41, 5.74) is 7.69. The number of carbonyl (C=O) groups excluding carboxylic acids is 1. The first kappa shape index (κ1) is 25.0. The zero-order valence-electron chi connectivity index (χ0n) is 22.2. The highest BCUT2D eigenvalue weighted by Crippen LogP contribution is 2.39. The van der Waals surface area contributed by atoms with E-state index in [9.17, 15) is 4.79 Å². The smallest absolute Gasteiger partial charge is 0.307 e. The van der Waals surface area contributed by atoms with Gasteiger partial charge < -0.3 is 14.8 Å². The molecule has 0 radical (unpaired) electrons. The van der Waals surface area contributed by atoms with Gasteiger partial charge in [0.15, 0.2) is 0 Å². The Morgan fingerprint density at radius 1 is 0.974 bits per heavy atom. The lowest BCUT2D eigenvalue weighted by atomic mass is 9.99. The lowest BCUT2D eigenvalue weighted by molar-refractivity contribution is 0.194. The molecule has 0 saturated carbocycles. The summed E-state index contributed by atoms with van der Waals surface area (Å²) in [7, 11) is 0. The monoisotopic (exact) mass is 535 g/mol. The molecule has 39 heavy (non-hydrogen) atoms. The molecule has 1 unspecified atom stereocenters. The number of hydrogen-bond donors (Lipinski definition) is 1. The minimum atomic E-state index is -0.318. The largest absolute Gasteiger partial charge is 0.322 e. The van der Waals surface area contributed by atoms with Crippen LogP contribution < -0.4 is 5.32 Å². The number of aromatic nitrogens is 3. The Hall–Kier alpha value is -4.29. The quantitative estimate of drug-likeness (QED) is 0.257. The van der Waals surface area contributed by atoms with Gasteiger partial charge in [-0.2, -0.15) is 5.10 Å². The Kier molecular flexibility index (Phi) is 6.49. The van der Waals surface area contributed by atoms with E-state index < -0.39 is 0 Å². The van der Waals surface area contributed by atoms with Crippen molar-refractivity contribution in [2.24, 2.45) is 0 Å². The maximum absolute atomic E-state index is 14.2. The number of hydrogen-bond acceptors (Lipinski definition) is 2. The van der Waals surface area contributed by atoms with Crippen molar-refractivity contribution in [3.63, 3.8) is 0 Å². The lowest BCUT2D eigenvalue weighted by Gasteiger charge is -2.31. The third-order valence-electron chi connectivity index (χ3n) is 7.56. The van der Waals surface area contributed by atoms with Gasteiger partial charge in [0, 0.05) is 22.5 Å². The Morgan fingerprint density at radius 3 is 2.49 bits per heavy atom. The molecule has 0 saturated heterocycles. The van der Waals surface area contributed by atoms with Crippen molar-refractivity contribution in [3.05, 3.63) is 130 Å². The number of halogens is 1. The van der Waals surface area contributed by atoms with Crippen LogP contribution in [-0.4, -0.2) is 25.3 Å². The van der Waals surface area contributed by atoms with E-state index in [1.807, 2.05) is 78.0 Å². The number of amides is 2. The molecule has 2 aromatic heterocycles. The van der Waals surface area contributed by atoms with Gasteiger partial charge in [0.25, 0.3) is 0 Å². The number of nitrogens with zero attached hydrogens (tertiary/aromatic N) is 4. The zero-order chi connectivity index (χ0) is 27.1.